The van der Waals surface area contributed by atoms with Crippen LogP contribution in [0.1, 0.15) is 23.4 Å². The molecule has 5 nitrogen and oxygen atoms in total. The SMILES string of the molecule is Cc1noc(C)c1S(=O)(=O)N1CCCc2cc(F)cc(F)c21. The summed E-state index contributed by atoms with van der Waals surface area (Å²) in [6.07, 6.45) is 0.913. The standard InChI is InChI=1S/C14H14F2N2O3S/c1-8-14(9(2)21-17-8)22(19,20)18-5-3-4-10-6-11(15)7-12(16)13(10)18/h6-7H,3-5H2,1-2H3. The lowest BCUT2D eigenvalue weighted by atomic mass is 10.0. The molecule has 0 atom stereocenters. The molecule has 0 aliphatic carbocycles. The summed E-state index contributed by atoms with van der Waals surface area (Å²) in [6.45, 7) is 3.12. The summed E-state index contributed by atoms with van der Waals surface area (Å²) >= 11 is 0. The van der Waals surface area contributed by atoms with Crippen LogP contribution >= 0.6 is 0 Å². The Balaban J connectivity index is 2.20. The van der Waals surface area contributed by atoms with Gasteiger partial charge in [-0.1, -0.05) is 5.16 Å². The summed E-state index contributed by atoms with van der Waals surface area (Å²) in [5.74, 6) is -1.45. The van der Waals surface area contributed by atoms with Crippen LogP contribution in [0.15, 0.2) is 21.6 Å². The monoisotopic (exact) mass is 328 g/mol. The van der Waals surface area contributed by atoms with Gasteiger partial charge in [0.1, 0.15) is 11.5 Å². The number of anilines is 1. The van der Waals surface area contributed by atoms with E-state index in [1.54, 1.807) is 0 Å². The quantitative estimate of drug-likeness (QED) is 0.850. The summed E-state index contributed by atoms with van der Waals surface area (Å²) in [6, 6.07) is 1.87. The van der Waals surface area contributed by atoms with E-state index in [1.807, 2.05) is 0 Å². The summed E-state index contributed by atoms with van der Waals surface area (Å²) in [7, 11) is -4.01. The lowest BCUT2D eigenvalue weighted by Crippen LogP contribution is -2.36. The molecule has 0 radical (unpaired) electrons. The van der Waals surface area contributed by atoms with Gasteiger partial charge in [0.15, 0.2) is 16.5 Å². The van der Waals surface area contributed by atoms with Crippen LogP contribution in [0, 0.1) is 25.5 Å². The molecule has 1 aliphatic rings. The summed E-state index contributed by atoms with van der Waals surface area (Å²) in [5, 5.41) is 3.64. The van der Waals surface area contributed by atoms with E-state index in [0.29, 0.717) is 24.5 Å². The third-order valence-electron chi connectivity index (χ3n) is 3.68. The van der Waals surface area contributed by atoms with Crippen molar-refractivity contribution < 1.29 is 21.7 Å². The molecule has 1 aromatic carbocycles. The Morgan fingerprint density at radius 3 is 2.64 bits per heavy atom. The molecule has 2 aromatic rings. The van der Waals surface area contributed by atoms with Crippen molar-refractivity contribution in [3.8, 4) is 0 Å². The fourth-order valence-electron chi connectivity index (χ4n) is 2.81. The van der Waals surface area contributed by atoms with Crippen molar-refractivity contribution in [1.29, 1.82) is 0 Å². The molecule has 0 saturated carbocycles. The fraction of sp³-hybridized carbons (Fsp3) is 0.357. The zero-order valence-corrected chi connectivity index (χ0v) is 12.9. The smallest absolute Gasteiger partial charge is 0.269 e. The van der Waals surface area contributed by atoms with Gasteiger partial charge in [0.05, 0.1) is 5.69 Å². The summed E-state index contributed by atoms with van der Waals surface area (Å²) < 4.78 is 59.1. The number of fused-ring (bicyclic) bond motifs is 1. The molecule has 0 bridgehead atoms. The molecule has 1 aromatic heterocycles. The second-order valence-corrected chi connectivity index (χ2v) is 7.03. The maximum absolute atomic E-state index is 14.2. The second-order valence-electron chi connectivity index (χ2n) is 5.23. The average molecular weight is 328 g/mol. The normalized spacial score (nSPS) is 15.0. The highest BCUT2D eigenvalue weighted by Crippen LogP contribution is 2.36. The highest BCUT2D eigenvalue weighted by molar-refractivity contribution is 7.93. The molecule has 118 valence electrons. The lowest BCUT2D eigenvalue weighted by Gasteiger charge is -2.30. The van der Waals surface area contributed by atoms with Gasteiger partial charge in [-0.05, 0) is 38.3 Å². The Bertz CT molecular complexity index is 827. The third-order valence-corrected chi connectivity index (χ3v) is 5.72. The van der Waals surface area contributed by atoms with Crippen molar-refractivity contribution in [2.45, 2.75) is 31.6 Å². The van der Waals surface area contributed by atoms with Crippen LogP contribution in [0.25, 0.3) is 0 Å². The predicted molar refractivity (Wildman–Crippen MR) is 75.2 cm³/mol. The second kappa shape index (κ2) is 5.05. The molecule has 0 N–H and O–H groups in total. The highest BCUT2D eigenvalue weighted by Gasteiger charge is 2.35. The summed E-state index contributed by atoms with van der Waals surface area (Å²) in [4.78, 5) is -0.0657. The zero-order valence-electron chi connectivity index (χ0n) is 12.1. The Labute approximate surface area is 126 Å². The number of nitrogens with zero attached hydrogens (tertiary/aromatic N) is 2. The molecular formula is C14H14F2N2O3S. The number of benzene rings is 1. The number of aromatic nitrogens is 1. The molecule has 0 saturated heterocycles. The van der Waals surface area contributed by atoms with Crippen LogP contribution in [0.2, 0.25) is 0 Å². The molecule has 0 unspecified atom stereocenters. The van der Waals surface area contributed by atoms with Crippen molar-refractivity contribution in [1.82, 2.24) is 5.16 Å². The molecule has 2 heterocycles. The Morgan fingerprint density at radius 1 is 1.27 bits per heavy atom. The number of rotatable bonds is 2. The van der Waals surface area contributed by atoms with Gasteiger partial charge < -0.3 is 4.52 Å². The molecular weight excluding hydrogens is 314 g/mol. The number of aryl methyl sites for hydroxylation is 3. The first kappa shape index (κ1) is 15.0. The van der Waals surface area contributed by atoms with E-state index in [-0.39, 0.29) is 28.6 Å². The maximum Gasteiger partial charge on any atom is 0.269 e. The molecule has 8 heteroatoms. The molecule has 22 heavy (non-hydrogen) atoms. The van der Waals surface area contributed by atoms with E-state index in [9.17, 15) is 17.2 Å². The van der Waals surface area contributed by atoms with Gasteiger partial charge in [-0.25, -0.2) is 17.2 Å². The van der Waals surface area contributed by atoms with Gasteiger partial charge >= 0.3 is 0 Å². The van der Waals surface area contributed by atoms with Gasteiger partial charge in [0.2, 0.25) is 0 Å². The number of halogens is 2. The van der Waals surface area contributed by atoms with Crippen molar-refractivity contribution in [3.63, 3.8) is 0 Å². The molecule has 0 amide bonds. The maximum atomic E-state index is 14.2. The number of sulfonamides is 1. The molecule has 0 fully saturated rings. The fourth-order valence-corrected chi connectivity index (χ4v) is 4.65. The lowest BCUT2D eigenvalue weighted by molar-refractivity contribution is 0.390. The van der Waals surface area contributed by atoms with Gasteiger partial charge in [0.25, 0.3) is 10.0 Å². The first-order valence-electron chi connectivity index (χ1n) is 6.76. The van der Waals surface area contributed by atoms with Crippen LogP contribution in [-0.2, 0) is 16.4 Å². The van der Waals surface area contributed by atoms with Crippen LogP contribution in [0.4, 0.5) is 14.5 Å². The van der Waals surface area contributed by atoms with Crippen molar-refractivity contribution >= 4 is 15.7 Å². The Hall–Kier alpha value is -1.96. The molecule has 1 aliphatic heterocycles. The van der Waals surface area contributed by atoms with Gasteiger partial charge in [-0.3, -0.25) is 4.31 Å². The minimum Gasteiger partial charge on any atom is -0.360 e. The van der Waals surface area contributed by atoms with E-state index < -0.39 is 21.7 Å². The van der Waals surface area contributed by atoms with Crippen LogP contribution in [0.3, 0.4) is 0 Å². The van der Waals surface area contributed by atoms with Gasteiger partial charge in [-0.2, -0.15) is 0 Å². The number of hydrogen-bond donors (Lipinski definition) is 0. The van der Waals surface area contributed by atoms with E-state index >= 15 is 0 Å². The van der Waals surface area contributed by atoms with Crippen molar-refractivity contribution in [3.05, 3.63) is 40.8 Å². The van der Waals surface area contributed by atoms with E-state index in [0.717, 1.165) is 4.31 Å². The minimum atomic E-state index is -4.01. The molecule has 3 rings (SSSR count). The Morgan fingerprint density at radius 2 is 2.00 bits per heavy atom. The van der Waals surface area contributed by atoms with Crippen molar-refractivity contribution in [2.75, 3.05) is 10.8 Å². The largest absolute Gasteiger partial charge is 0.360 e. The van der Waals surface area contributed by atoms with Crippen molar-refractivity contribution in [2.24, 2.45) is 0 Å². The number of hydrogen-bond acceptors (Lipinski definition) is 4. The van der Waals surface area contributed by atoms with E-state index in [2.05, 4.69) is 5.16 Å². The van der Waals surface area contributed by atoms with Crippen LogP contribution < -0.4 is 4.31 Å². The first-order valence-corrected chi connectivity index (χ1v) is 8.20. The first-order chi connectivity index (χ1) is 10.3. The Kier molecular flexibility index (Phi) is 3.43. The van der Waals surface area contributed by atoms with Gasteiger partial charge in [0, 0.05) is 12.6 Å². The van der Waals surface area contributed by atoms with Crippen LogP contribution in [0.5, 0.6) is 0 Å². The topological polar surface area (TPSA) is 63.4 Å². The summed E-state index contributed by atoms with van der Waals surface area (Å²) in [5.41, 5.74) is 0.471. The third kappa shape index (κ3) is 2.18. The average Bonchev–Trinajstić information content (AvgIpc) is 2.77. The minimum absolute atomic E-state index is 0.0657. The molecule has 0 spiro atoms. The van der Waals surface area contributed by atoms with E-state index in [4.69, 9.17) is 4.52 Å². The van der Waals surface area contributed by atoms with Crippen LogP contribution in [-0.4, -0.2) is 20.1 Å². The predicted octanol–water partition coefficient (Wildman–Crippen LogP) is 2.71. The zero-order chi connectivity index (χ0) is 16.1. The highest BCUT2D eigenvalue weighted by atomic mass is 32.2. The van der Waals surface area contributed by atoms with Gasteiger partial charge in [-0.15, -0.1) is 0 Å². The van der Waals surface area contributed by atoms with E-state index in [1.165, 1.54) is 19.9 Å².